The van der Waals surface area contributed by atoms with Crippen LogP contribution in [0.2, 0.25) is 0 Å². The Morgan fingerprint density at radius 3 is 2.62 bits per heavy atom. The van der Waals surface area contributed by atoms with Gasteiger partial charge in [0, 0.05) is 10.2 Å². The van der Waals surface area contributed by atoms with Gasteiger partial charge in [-0.3, -0.25) is 14.4 Å². The molecule has 1 heterocycles. The first-order chi connectivity index (χ1) is 16.2. The molecule has 2 bridgehead atoms. The molecule has 34 heavy (non-hydrogen) atoms. The summed E-state index contributed by atoms with van der Waals surface area (Å²) < 4.78 is 6.09. The average molecular weight is 523 g/mol. The Balaban J connectivity index is 1.25. The molecule has 8 heteroatoms. The van der Waals surface area contributed by atoms with Gasteiger partial charge in [-0.25, -0.2) is 9.69 Å². The molecule has 0 radical (unpaired) electrons. The minimum Gasteiger partial charge on any atom is -0.452 e. The Labute approximate surface area is 205 Å². The molecule has 5 rings (SSSR count). The monoisotopic (exact) mass is 522 g/mol. The first-order valence-corrected chi connectivity index (χ1v) is 11.9. The molecule has 1 aliphatic heterocycles. The lowest BCUT2D eigenvalue weighted by Crippen LogP contribution is -2.33. The van der Waals surface area contributed by atoms with Crippen molar-refractivity contribution in [3.8, 4) is 0 Å². The first kappa shape index (κ1) is 22.5. The van der Waals surface area contributed by atoms with Crippen molar-refractivity contribution in [1.82, 2.24) is 0 Å². The molecule has 1 N–H and O–H groups in total. The summed E-state index contributed by atoms with van der Waals surface area (Å²) in [5.41, 5.74) is 3.26. The summed E-state index contributed by atoms with van der Waals surface area (Å²) in [6.07, 6.45) is 2.98. The summed E-state index contributed by atoms with van der Waals surface area (Å²) in [6.45, 7) is 3.46. The van der Waals surface area contributed by atoms with Crippen LogP contribution in [-0.4, -0.2) is 30.3 Å². The van der Waals surface area contributed by atoms with E-state index in [1.54, 1.807) is 24.3 Å². The van der Waals surface area contributed by atoms with Crippen molar-refractivity contribution in [2.24, 2.45) is 23.7 Å². The highest BCUT2D eigenvalue weighted by atomic mass is 79.9. The number of benzene rings is 2. The van der Waals surface area contributed by atoms with Gasteiger partial charge in [0.25, 0.3) is 5.91 Å². The third kappa shape index (κ3) is 3.76. The number of carbonyl (C=O) groups is 4. The second-order valence-electron chi connectivity index (χ2n) is 9.12. The Morgan fingerprint density at radius 1 is 1.09 bits per heavy atom. The fourth-order valence-corrected chi connectivity index (χ4v) is 5.68. The second-order valence-corrected chi connectivity index (χ2v) is 9.97. The summed E-state index contributed by atoms with van der Waals surface area (Å²) in [5.74, 6) is -1.99. The van der Waals surface area contributed by atoms with Crippen molar-refractivity contribution in [3.63, 3.8) is 0 Å². The van der Waals surface area contributed by atoms with Gasteiger partial charge in [-0.2, -0.15) is 0 Å². The summed E-state index contributed by atoms with van der Waals surface area (Å²) in [7, 11) is 0. The molecule has 1 saturated carbocycles. The zero-order valence-electron chi connectivity index (χ0n) is 18.7. The lowest BCUT2D eigenvalue weighted by molar-refractivity contribution is -0.123. The third-order valence-electron chi connectivity index (χ3n) is 7.00. The van der Waals surface area contributed by atoms with Gasteiger partial charge in [-0.1, -0.05) is 33.6 Å². The highest BCUT2D eigenvalue weighted by molar-refractivity contribution is 9.10. The Hall–Kier alpha value is -3.26. The number of halogens is 1. The molecule has 4 atom stereocenters. The molecule has 2 aromatic rings. The van der Waals surface area contributed by atoms with Crippen molar-refractivity contribution in [1.29, 1.82) is 0 Å². The zero-order chi connectivity index (χ0) is 24.1. The van der Waals surface area contributed by atoms with Gasteiger partial charge in [0.15, 0.2) is 6.61 Å². The summed E-state index contributed by atoms with van der Waals surface area (Å²) in [4.78, 5) is 52.3. The fraction of sp³-hybridized carbons (Fsp3) is 0.308. The number of ether oxygens (including phenoxy) is 1. The van der Waals surface area contributed by atoms with E-state index in [2.05, 4.69) is 27.3 Å². The lowest BCUT2D eigenvalue weighted by Gasteiger charge is -2.19. The number of fused-ring (bicyclic) bond motifs is 5. The Morgan fingerprint density at radius 2 is 1.85 bits per heavy atom. The van der Waals surface area contributed by atoms with Crippen LogP contribution in [0.1, 0.15) is 29.3 Å². The van der Waals surface area contributed by atoms with E-state index in [-0.39, 0.29) is 41.0 Å². The molecular formula is C26H23BrN2O5. The maximum Gasteiger partial charge on any atom is 0.338 e. The largest absolute Gasteiger partial charge is 0.452 e. The molecule has 1 saturated heterocycles. The van der Waals surface area contributed by atoms with Gasteiger partial charge in [0.05, 0.1) is 23.1 Å². The Bertz CT molecular complexity index is 1270. The third-order valence-corrected chi connectivity index (χ3v) is 7.89. The number of amides is 3. The quantitative estimate of drug-likeness (QED) is 0.360. The number of hydrogen-bond donors (Lipinski definition) is 1. The van der Waals surface area contributed by atoms with E-state index in [0.717, 1.165) is 16.5 Å². The minimum atomic E-state index is -0.708. The molecule has 2 fully saturated rings. The molecular weight excluding hydrogens is 500 g/mol. The second kappa shape index (κ2) is 8.51. The summed E-state index contributed by atoms with van der Waals surface area (Å²) >= 11 is 3.40. The Kier molecular flexibility index (Phi) is 5.64. The van der Waals surface area contributed by atoms with Crippen molar-refractivity contribution >= 4 is 51.0 Å². The van der Waals surface area contributed by atoms with E-state index < -0.39 is 18.5 Å². The van der Waals surface area contributed by atoms with Gasteiger partial charge in [-0.05, 0) is 74.1 Å². The number of nitrogens with one attached hydrogen (secondary N) is 1. The van der Waals surface area contributed by atoms with Crippen LogP contribution in [0, 0.1) is 30.6 Å². The van der Waals surface area contributed by atoms with Crippen LogP contribution in [0.25, 0.3) is 0 Å². The number of esters is 1. The first-order valence-electron chi connectivity index (χ1n) is 11.1. The zero-order valence-corrected chi connectivity index (χ0v) is 20.3. The van der Waals surface area contributed by atoms with Crippen LogP contribution in [0.5, 0.6) is 0 Å². The van der Waals surface area contributed by atoms with E-state index >= 15 is 0 Å². The van der Waals surface area contributed by atoms with Crippen LogP contribution in [0.3, 0.4) is 0 Å². The van der Waals surface area contributed by atoms with Gasteiger partial charge >= 0.3 is 5.97 Å². The fourth-order valence-electron chi connectivity index (χ4n) is 5.43. The maximum atomic E-state index is 13.2. The lowest BCUT2D eigenvalue weighted by atomic mass is 9.82. The number of nitrogens with zero attached hydrogens (tertiary/aromatic N) is 1. The highest BCUT2D eigenvalue weighted by Crippen LogP contribution is 2.55. The molecule has 2 aliphatic carbocycles. The highest BCUT2D eigenvalue weighted by Gasteiger charge is 2.60. The summed E-state index contributed by atoms with van der Waals surface area (Å²) in [6, 6.07) is 11.6. The maximum absolute atomic E-state index is 13.2. The number of imide groups is 1. The topological polar surface area (TPSA) is 92.8 Å². The molecule has 7 nitrogen and oxygen atoms in total. The number of aryl methyl sites for hydroxylation is 1. The van der Waals surface area contributed by atoms with Crippen molar-refractivity contribution < 1.29 is 23.9 Å². The molecule has 0 aromatic heterocycles. The number of anilines is 2. The van der Waals surface area contributed by atoms with Crippen molar-refractivity contribution in [2.45, 2.75) is 20.3 Å². The van der Waals surface area contributed by atoms with Crippen LogP contribution in [-0.2, 0) is 19.1 Å². The molecule has 0 spiro atoms. The number of rotatable bonds is 5. The van der Waals surface area contributed by atoms with E-state index in [9.17, 15) is 19.2 Å². The predicted octanol–water partition coefficient (Wildman–Crippen LogP) is 4.25. The molecule has 3 aliphatic rings. The SMILES string of the molecule is CC1=C[C@H]2C[C@H]1[C@@H]1C(=O)N(c3cccc(C(=O)OCC(=O)Nc4ccc(Br)c(C)c4)c3)C(=O)[C@@H]12. The van der Waals surface area contributed by atoms with Gasteiger partial charge in [0.2, 0.25) is 11.8 Å². The number of allylic oxidation sites excluding steroid dienone is 2. The normalized spacial score (nSPS) is 24.8. The van der Waals surface area contributed by atoms with Crippen molar-refractivity contribution in [2.75, 3.05) is 16.8 Å². The number of hydrogen-bond acceptors (Lipinski definition) is 5. The van der Waals surface area contributed by atoms with Gasteiger partial charge in [0.1, 0.15) is 0 Å². The van der Waals surface area contributed by atoms with E-state index in [4.69, 9.17) is 4.74 Å². The van der Waals surface area contributed by atoms with Gasteiger partial charge in [-0.15, -0.1) is 0 Å². The van der Waals surface area contributed by atoms with Crippen molar-refractivity contribution in [3.05, 3.63) is 69.7 Å². The summed E-state index contributed by atoms with van der Waals surface area (Å²) in [5, 5.41) is 2.69. The molecule has 2 aromatic carbocycles. The smallest absolute Gasteiger partial charge is 0.338 e. The number of carbonyl (C=O) groups excluding carboxylic acids is 4. The predicted molar refractivity (Wildman–Crippen MR) is 129 cm³/mol. The van der Waals surface area contributed by atoms with E-state index in [0.29, 0.717) is 11.4 Å². The molecule has 0 unspecified atom stereocenters. The van der Waals surface area contributed by atoms with Crippen LogP contribution in [0.4, 0.5) is 11.4 Å². The molecule has 174 valence electrons. The van der Waals surface area contributed by atoms with Crippen LogP contribution < -0.4 is 10.2 Å². The average Bonchev–Trinajstić information content (AvgIpc) is 3.45. The minimum absolute atomic E-state index is 0.109. The van der Waals surface area contributed by atoms with E-state index in [1.807, 2.05) is 19.9 Å². The standard InChI is InChI=1S/C26H23BrN2O5/c1-13-8-16-11-19(13)23-22(16)24(31)29(25(23)32)18-5-3-4-15(10-18)26(33)34-12-21(30)28-17-6-7-20(27)14(2)9-17/h3-10,16,19,22-23H,11-12H2,1-2H3,(H,28,30)/t16-,19+,22+,23-/m0/s1. The van der Waals surface area contributed by atoms with E-state index in [1.165, 1.54) is 22.6 Å². The van der Waals surface area contributed by atoms with Crippen LogP contribution in [0.15, 0.2) is 58.6 Å². The molecule has 3 amide bonds. The van der Waals surface area contributed by atoms with Gasteiger partial charge < -0.3 is 10.1 Å². The van der Waals surface area contributed by atoms with Crippen LogP contribution >= 0.6 is 15.9 Å².